The van der Waals surface area contributed by atoms with Crippen LogP contribution < -0.4 is 5.32 Å². The van der Waals surface area contributed by atoms with Gasteiger partial charge in [-0.2, -0.15) is 0 Å². The van der Waals surface area contributed by atoms with Gasteiger partial charge in [0.15, 0.2) is 5.69 Å². The first-order valence-electron chi connectivity index (χ1n) is 7.57. The number of carboxylic acid groups (broad SMARTS) is 1. The van der Waals surface area contributed by atoms with Gasteiger partial charge < -0.3 is 15.2 Å². The molecule has 1 amide bonds. The molecule has 0 fully saturated rings. The predicted molar refractivity (Wildman–Crippen MR) is 85.3 cm³/mol. The summed E-state index contributed by atoms with van der Waals surface area (Å²) in [5.74, 6) is -2.10. The second-order valence-corrected chi connectivity index (χ2v) is 5.56. The third-order valence-corrected chi connectivity index (χ3v) is 4.07. The van der Waals surface area contributed by atoms with Crippen LogP contribution in [-0.2, 0) is 11.2 Å². The van der Waals surface area contributed by atoms with Crippen LogP contribution in [0.15, 0.2) is 30.6 Å². The maximum Gasteiger partial charge on any atom is 0.354 e. The second kappa shape index (κ2) is 6.68. The van der Waals surface area contributed by atoms with Gasteiger partial charge in [0.05, 0.1) is 18.7 Å². The van der Waals surface area contributed by atoms with Crippen LogP contribution in [0.4, 0.5) is 0 Å². The fourth-order valence-electron chi connectivity index (χ4n) is 2.84. The first-order valence-corrected chi connectivity index (χ1v) is 7.57. The smallest absolute Gasteiger partial charge is 0.354 e. The van der Waals surface area contributed by atoms with Gasteiger partial charge in [-0.15, -0.1) is 0 Å². The number of ether oxygens (including phenoxy) is 1. The molecular weight excluding hydrogens is 326 g/mol. The summed E-state index contributed by atoms with van der Waals surface area (Å²) >= 11 is 0. The maximum absolute atomic E-state index is 12.3. The number of amides is 1. The van der Waals surface area contributed by atoms with E-state index in [2.05, 4.69) is 15.3 Å². The molecule has 8 heteroatoms. The number of carboxylic acids is 1. The molecule has 8 nitrogen and oxygen atoms in total. The van der Waals surface area contributed by atoms with Gasteiger partial charge >= 0.3 is 11.9 Å². The highest BCUT2D eigenvalue weighted by Crippen LogP contribution is 2.32. The van der Waals surface area contributed by atoms with E-state index in [0.29, 0.717) is 12.0 Å². The van der Waals surface area contributed by atoms with Crippen LogP contribution in [0.5, 0.6) is 0 Å². The summed E-state index contributed by atoms with van der Waals surface area (Å²) in [6.45, 7) is 0. The summed E-state index contributed by atoms with van der Waals surface area (Å²) in [5.41, 5.74) is 2.12. The van der Waals surface area contributed by atoms with Crippen molar-refractivity contribution in [2.45, 2.75) is 18.9 Å². The van der Waals surface area contributed by atoms with Gasteiger partial charge in [-0.3, -0.25) is 4.79 Å². The van der Waals surface area contributed by atoms with Crippen molar-refractivity contribution >= 4 is 17.8 Å². The molecule has 0 saturated heterocycles. The number of nitrogens with one attached hydrogen (secondary N) is 1. The average molecular weight is 341 g/mol. The Morgan fingerprint density at radius 3 is 2.68 bits per heavy atom. The normalized spacial score (nSPS) is 15.3. The number of aromatic carboxylic acids is 1. The van der Waals surface area contributed by atoms with E-state index in [9.17, 15) is 14.4 Å². The van der Waals surface area contributed by atoms with E-state index in [-0.39, 0.29) is 17.4 Å². The lowest BCUT2D eigenvalue weighted by Gasteiger charge is -2.14. The number of methoxy groups -OCH3 is 1. The van der Waals surface area contributed by atoms with Gasteiger partial charge in [0.25, 0.3) is 5.91 Å². The highest BCUT2D eigenvalue weighted by atomic mass is 16.5. The van der Waals surface area contributed by atoms with Gasteiger partial charge in [0.1, 0.15) is 12.0 Å². The maximum atomic E-state index is 12.3. The largest absolute Gasteiger partial charge is 0.477 e. The Bertz CT molecular complexity index is 865. The minimum atomic E-state index is -1.22. The highest BCUT2D eigenvalue weighted by molar-refractivity contribution is 5.95. The quantitative estimate of drug-likeness (QED) is 0.806. The van der Waals surface area contributed by atoms with Gasteiger partial charge in [-0.05, 0) is 36.1 Å². The van der Waals surface area contributed by atoms with E-state index in [0.717, 1.165) is 29.9 Å². The first-order chi connectivity index (χ1) is 12.0. The van der Waals surface area contributed by atoms with Gasteiger partial charge in [0, 0.05) is 6.07 Å². The van der Waals surface area contributed by atoms with E-state index >= 15 is 0 Å². The summed E-state index contributed by atoms with van der Waals surface area (Å²) in [4.78, 5) is 42.3. The molecule has 1 aromatic carbocycles. The molecule has 25 heavy (non-hydrogen) atoms. The summed E-state index contributed by atoms with van der Waals surface area (Å²) < 4.78 is 4.70. The molecule has 1 aliphatic rings. The minimum Gasteiger partial charge on any atom is -0.477 e. The molecule has 0 spiro atoms. The summed E-state index contributed by atoms with van der Waals surface area (Å²) in [7, 11) is 1.33. The molecule has 0 radical (unpaired) electrons. The number of carbonyl (C=O) groups is 3. The van der Waals surface area contributed by atoms with Crippen molar-refractivity contribution in [3.8, 4) is 0 Å². The summed E-state index contributed by atoms with van der Waals surface area (Å²) in [6, 6.07) is 6.12. The Hall–Kier alpha value is -3.29. The van der Waals surface area contributed by atoms with Gasteiger partial charge in [-0.25, -0.2) is 19.6 Å². The number of carbonyl (C=O) groups excluding carboxylic acids is 2. The fourth-order valence-corrected chi connectivity index (χ4v) is 2.84. The molecule has 0 aliphatic heterocycles. The number of aryl methyl sites for hydroxylation is 1. The molecule has 2 aromatic rings. The topological polar surface area (TPSA) is 118 Å². The van der Waals surface area contributed by atoms with Crippen molar-refractivity contribution in [1.29, 1.82) is 0 Å². The molecule has 0 bridgehead atoms. The van der Waals surface area contributed by atoms with Crippen molar-refractivity contribution in [2.75, 3.05) is 7.11 Å². The number of rotatable bonds is 4. The zero-order chi connectivity index (χ0) is 18.0. The number of aromatic nitrogens is 2. The van der Waals surface area contributed by atoms with E-state index in [1.54, 1.807) is 18.2 Å². The highest BCUT2D eigenvalue weighted by Gasteiger charge is 2.26. The van der Waals surface area contributed by atoms with Crippen molar-refractivity contribution < 1.29 is 24.2 Å². The minimum absolute atomic E-state index is 0.00738. The standard InChI is InChI=1S/C17H15N3O5/c1-25-17(24)10-2-4-11-9(6-10)3-5-12(11)20-15(21)13-7-14(16(22)23)19-8-18-13/h2,4,6-8,12H,3,5H2,1H3,(H,20,21)(H,22,23)/t12-/m0/s1. The molecule has 1 aromatic heterocycles. The third-order valence-electron chi connectivity index (χ3n) is 4.07. The molecule has 2 N–H and O–H groups in total. The summed E-state index contributed by atoms with van der Waals surface area (Å²) in [6.07, 6.45) is 2.45. The van der Waals surface area contributed by atoms with E-state index in [1.807, 2.05) is 0 Å². The monoisotopic (exact) mass is 341 g/mol. The van der Waals surface area contributed by atoms with Gasteiger partial charge in [0.2, 0.25) is 0 Å². The van der Waals surface area contributed by atoms with E-state index in [4.69, 9.17) is 9.84 Å². The van der Waals surface area contributed by atoms with Crippen LogP contribution in [0.2, 0.25) is 0 Å². The molecule has 1 atom stereocenters. The zero-order valence-corrected chi connectivity index (χ0v) is 13.4. The third kappa shape index (κ3) is 3.32. The van der Waals surface area contributed by atoms with Crippen LogP contribution in [0.25, 0.3) is 0 Å². The SMILES string of the molecule is COC(=O)c1ccc2c(c1)CC[C@@H]2NC(=O)c1cc(C(=O)O)ncn1. The Balaban J connectivity index is 1.78. The van der Waals surface area contributed by atoms with Crippen LogP contribution in [0.1, 0.15) is 54.9 Å². The number of benzene rings is 1. The van der Waals surface area contributed by atoms with Crippen LogP contribution >= 0.6 is 0 Å². The molecule has 1 aliphatic carbocycles. The number of hydrogen-bond acceptors (Lipinski definition) is 6. The van der Waals surface area contributed by atoms with Crippen molar-refractivity contribution in [2.24, 2.45) is 0 Å². The number of nitrogens with zero attached hydrogens (tertiary/aromatic N) is 2. The molecular formula is C17H15N3O5. The van der Waals surface area contributed by atoms with Crippen molar-refractivity contribution in [3.63, 3.8) is 0 Å². The van der Waals surface area contributed by atoms with Crippen LogP contribution in [0.3, 0.4) is 0 Å². The molecule has 128 valence electrons. The average Bonchev–Trinajstić information content (AvgIpc) is 3.03. The van der Waals surface area contributed by atoms with Crippen molar-refractivity contribution in [1.82, 2.24) is 15.3 Å². The Morgan fingerprint density at radius 2 is 1.96 bits per heavy atom. The number of hydrogen-bond donors (Lipinski definition) is 2. The van der Waals surface area contributed by atoms with Crippen LogP contribution in [0, 0.1) is 0 Å². The van der Waals surface area contributed by atoms with E-state index < -0.39 is 17.8 Å². The van der Waals surface area contributed by atoms with Crippen molar-refractivity contribution in [3.05, 3.63) is 58.7 Å². The Morgan fingerprint density at radius 1 is 1.20 bits per heavy atom. The van der Waals surface area contributed by atoms with Gasteiger partial charge in [-0.1, -0.05) is 6.07 Å². The summed E-state index contributed by atoms with van der Waals surface area (Å²) in [5, 5.41) is 11.8. The lowest BCUT2D eigenvalue weighted by Crippen LogP contribution is -2.28. The fraction of sp³-hybridized carbons (Fsp3) is 0.235. The lowest BCUT2D eigenvalue weighted by molar-refractivity contribution is 0.0599. The molecule has 3 rings (SSSR count). The number of esters is 1. The number of fused-ring (bicyclic) bond motifs is 1. The second-order valence-electron chi connectivity index (χ2n) is 5.56. The molecule has 0 saturated carbocycles. The Kier molecular flexibility index (Phi) is 4.42. The zero-order valence-electron chi connectivity index (χ0n) is 13.4. The first kappa shape index (κ1) is 16.6. The van der Waals surface area contributed by atoms with Crippen LogP contribution in [-0.4, -0.2) is 40.0 Å². The lowest BCUT2D eigenvalue weighted by atomic mass is 10.0. The molecule has 0 unspecified atom stereocenters. The Labute approximate surface area is 142 Å². The molecule has 1 heterocycles. The predicted octanol–water partition coefficient (Wildman–Crippen LogP) is 1.38. The van der Waals surface area contributed by atoms with E-state index in [1.165, 1.54) is 7.11 Å².